The largest absolute Gasteiger partial charge is 0.550 e. The van der Waals surface area contributed by atoms with E-state index in [1.807, 2.05) is 0 Å². The van der Waals surface area contributed by atoms with Gasteiger partial charge in [-0.25, -0.2) is 0 Å². The molecule has 0 spiro atoms. The third kappa shape index (κ3) is 17.5. The summed E-state index contributed by atoms with van der Waals surface area (Å²) in [5.41, 5.74) is 0. The van der Waals surface area contributed by atoms with E-state index in [9.17, 15) is 14.7 Å². The summed E-state index contributed by atoms with van der Waals surface area (Å²) in [7, 11) is 2.93. The normalized spacial score (nSPS) is 15.1. The average molecular weight is 361 g/mol. The molecule has 0 saturated heterocycles. The van der Waals surface area contributed by atoms with Crippen molar-refractivity contribution in [3.8, 4) is 0 Å². The fraction of sp³-hybridized carbons (Fsp3) is 0.900. The predicted octanol–water partition coefficient (Wildman–Crippen LogP) is 3.06. The van der Waals surface area contributed by atoms with E-state index in [0.717, 1.165) is 12.8 Å². The summed E-state index contributed by atoms with van der Waals surface area (Å²) in [6.07, 6.45) is 10.3. The molecule has 0 rings (SSSR count). The zero-order chi connectivity index (χ0) is 21.6. The van der Waals surface area contributed by atoms with Gasteiger partial charge in [-0.2, -0.15) is 0 Å². The van der Waals surface area contributed by atoms with Gasteiger partial charge in [-0.1, -0.05) is 64.7 Å². The van der Waals surface area contributed by atoms with E-state index in [1.165, 1.54) is 59.0 Å². The van der Waals surface area contributed by atoms with E-state index < -0.39 is 35.9 Å². The molecule has 0 N–H and O–H groups in total. The number of likely N-dealkylation sites (N-methyl/N-ethyl adjacent to an activating group) is 1. The molecule has 0 aromatic heterocycles. The molecular weight excluding hydrogens is 318 g/mol. The molecule has 5 heteroatoms. The van der Waals surface area contributed by atoms with Crippen LogP contribution in [0, 0.1) is 0 Å². The second kappa shape index (κ2) is 14.1. The molecule has 148 valence electrons. The fourth-order valence-corrected chi connectivity index (χ4v) is 2.84. The number of rotatable bonds is 16. The fourth-order valence-electron chi connectivity index (χ4n) is 2.84. The van der Waals surface area contributed by atoms with Crippen molar-refractivity contribution in [3.05, 3.63) is 0 Å². The van der Waals surface area contributed by atoms with Crippen LogP contribution in [0.4, 0.5) is 0 Å². The standard InChI is InChI=1S/C20H39NO4/c1-5-6-7-8-9-10-11-12-13-14-15-20(24)25-18(16-19(22)23)17-21(2,3)4/h18H,5-17H2,1-4H3/t18-/m1/s1/i2D3. The first-order valence-electron chi connectivity index (χ1n) is 11.2. The maximum atomic E-state index is 12.0. The van der Waals surface area contributed by atoms with Crippen LogP contribution in [0.2, 0.25) is 0 Å². The molecule has 0 unspecified atom stereocenters. The molecule has 0 heterocycles. The van der Waals surface area contributed by atoms with Gasteiger partial charge in [-0.05, 0) is 6.42 Å². The number of esters is 1. The topological polar surface area (TPSA) is 66.4 Å². The van der Waals surface area contributed by atoms with E-state index in [2.05, 4.69) is 6.92 Å². The Morgan fingerprint density at radius 3 is 2.00 bits per heavy atom. The van der Waals surface area contributed by atoms with Crippen molar-refractivity contribution in [2.75, 3.05) is 27.6 Å². The average Bonchev–Trinajstić information content (AvgIpc) is 2.54. The van der Waals surface area contributed by atoms with Crippen molar-refractivity contribution in [1.82, 2.24) is 0 Å². The summed E-state index contributed by atoms with van der Waals surface area (Å²) in [4.78, 5) is 22.9. The molecule has 0 aromatic carbocycles. The van der Waals surface area contributed by atoms with Crippen LogP contribution in [0.5, 0.6) is 0 Å². The van der Waals surface area contributed by atoms with E-state index in [0.29, 0.717) is 6.42 Å². The Kier molecular flexibility index (Phi) is 10.5. The van der Waals surface area contributed by atoms with Crippen LogP contribution in [0.25, 0.3) is 0 Å². The number of unbranched alkanes of at least 4 members (excludes halogenated alkanes) is 9. The number of carbonyl (C=O) groups excluding carboxylic acids is 2. The van der Waals surface area contributed by atoms with Gasteiger partial charge in [-0.15, -0.1) is 0 Å². The molecule has 0 aliphatic heterocycles. The number of aliphatic carboxylic acids is 1. The van der Waals surface area contributed by atoms with Crippen LogP contribution in [-0.2, 0) is 14.3 Å². The van der Waals surface area contributed by atoms with E-state index >= 15 is 0 Å². The summed E-state index contributed by atoms with van der Waals surface area (Å²) in [5.74, 6) is -1.83. The van der Waals surface area contributed by atoms with Crippen molar-refractivity contribution in [2.45, 2.75) is 90.1 Å². The van der Waals surface area contributed by atoms with Crippen molar-refractivity contribution in [3.63, 3.8) is 0 Å². The highest BCUT2D eigenvalue weighted by atomic mass is 16.5. The SMILES string of the molecule is [2H]C([2H])([2H])[N+](C)(C)C[C@@H](CC(=O)[O-])OC(=O)CCCCCCCCCCCC. The van der Waals surface area contributed by atoms with Crippen LogP contribution in [0.15, 0.2) is 0 Å². The summed E-state index contributed by atoms with van der Waals surface area (Å²) in [6.45, 7) is -0.222. The summed E-state index contributed by atoms with van der Waals surface area (Å²) >= 11 is 0. The molecule has 0 aromatic rings. The van der Waals surface area contributed by atoms with Gasteiger partial charge in [0.05, 0.1) is 25.2 Å². The predicted molar refractivity (Wildman–Crippen MR) is 98.9 cm³/mol. The third-order valence-corrected chi connectivity index (χ3v) is 4.09. The molecule has 5 nitrogen and oxygen atoms in total. The maximum absolute atomic E-state index is 12.0. The second-order valence-corrected chi connectivity index (χ2v) is 7.49. The number of hydrogen-bond donors (Lipinski definition) is 0. The molecule has 0 fully saturated rings. The van der Waals surface area contributed by atoms with Crippen molar-refractivity contribution < 1.29 is 28.0 Å². The van der Waals surface area contributed by atoms with Gasteiger partial charge in [0.2, 0.25) is 0 Å². The van der Waals surface area contributed by atoms with Gasteiger partial charge >= 0.3 is 5.97 Å². The van der Waals surface area contributed by atoms with Crippen molar-refractivity contribution in [2.24, 2.45) is 0 Å². The highest BCUT2D eigenvalue weighted by molar-refractivity contribution is 5.70. The van der Waals surface area contributed by atoms with Crippen molar-refractivity contribution in [1.29, 1.82) is 0 Å². The molecule has 25 heavy (non-hydrogen) atoms. The quantitative estimate of drug-likeness (QED) is 0.241. The maximum Gasteiger partial charge on any atom is 0.306 e. The lowest BCUT2D eigenvalue weighted by Crippen LogP contribution is -2.45. The Hall–Kier alpha value is -1.10. The summed E-state index contributed by atoms with van der Waals surface area (Å²) in [6, 6.07) is 0. The molecule has 0 aliphatic rings. The van der Waals surface area contributed by atoms with Crippen LogP contribution in [0.3, 0.4) is 0 Å². The lowest BCUT2D eigenvalue weighted by atomic mass is 10.1. The Labute approximate surface area is 158 Å². The first-order chi connectivity index (χ1) is 13.0. The Balaban J connectivity index is 4.11. The second-order valence-electron chi connectivity index (χ2n) is 7.49. The molecule has 0 aliphatic carbocycles. The summed E-state index contributed by atoms with van der Waals surface area (Å²) < 4.78 is 27.4. The first kappa shape index (κ1) is 18.7. The smallest absolute Gasteiger partial charge is 0.306 e. The van der Waals surface area contributed by atoms with E-state index in [1.54, 1.807) is 0 Å². The highest BCUT2D eigenvalue weighted by Gasteiger charge is 2.22. The summed E-state index contributed by atoms with van der Waals surface area (Å²) in [5, 5.41) is 10.9. The minimum Gasteiger partial charge on any atom is -0.550 e. The molecular formula is C20H39NO4. The number of carboxylic acids is 1. The molecule has 1 atom stereocenters. The number of nitrogens with zero attached hydrogens (tertiary/aromatic N) is 1. The number of quaternary nitrogens is 1. The Bertz CT molecular complexity index is 453. The number of ether oxygens (including phenoxy) is 1. The van der Waals surface area contributed by atoms with Gasteiger partial charge in [-0.3, -0.25) is 4.79 Å². The van der Waals surface area contributed by atoms with Crippen molar-refractivity contribution >= 4 is 11.9 Å². The van der Waals surface area contributed by atoms with Gasteiger partial charge in [0, 0.05) is 18.8 Å². The van der Waals surface area contributed by atoms with Gasteiger partial charge in [0.15, 0.2) is 6.10 Å². The van der Waals surface area contributed by atoms with Crippen LogP contribution >= 0.6 is 0 Å². The number of carboxylic acid groups (broad SMARTS) is 1. The zero-order valence-corrected chi connectivity index (χ0v) is 16.3. The molecule has 0 saturated carbocycles. The van der Waals surface area contributed by atoms with Crippen LogP contribution < -0.4 is 5.11 Å². The third-order valence-electron chi connectivity index (χ3n) is 4.09. The minimum atomic E-state index is -2.33. The van der Waals surface area contributed by atoms with Gasteiger partial charge in [0.25, 0.3) is 0 Å². The lowest BCUT2D eigenvalue weighted by Gasteiger charge is -2.29. The van der Waals surface area contributed by atoms with E-state index in [-0.39, 0.29) is 13.0 Å². The van der Waals surface area contributed by atoms with Gasteiger partial charge < -0.3 is 19.1 Å². The van der Waals surface area contributed by atoms with Crippen LogP contribution in [-0.4, -0.2) is 50.1 Å². The van der Waals surface area contributed by atoms with Gasteiger partial charge in [0.1, 0.15) is 6.54 Å². The molecule has 0 radical (unpaired) electrons. The Morgan fingerprint density at radius 2 is 1.52 bits per heavy atom. The highest BCUT2D eigenvalue weighted by Crippen LogP contribution is 2.12. The first-order valence-corrected chi connectivity index (χ1v) is 9.72. The molecule has 0 bridgehead atoms. The number of carbonyl (C=O) groups is 2. The monoisotopic (exact) mass is 360 g/mol. The minimum absolute atomic E-state index is 0.103. The molecule has 0 amide bonds. The zero-order valence-electron chi connectivity index (χ0n) is 19.3. The van der Waals surface area contributed by atoms with E-state index in [4.69, 9.17) is 8.85 Å². The lowest BCUT2D eigenvalue weighted by molar-refractivity contribution is -0.873. The Morgan fingerprint density at radius 1 is 1.00 bits per heavy atom. The van der Waals surface area contributed by atoms with Crippen LogP contribution in [0.1, 0.15) is 88.1 Å². The number of hydrogen-bond acceptors (Lipinski definition) is 4.